The zero-order valence-electron chi connectivity index (χ0n) is 19.6. The van der Waals surface area contributed by atoms with E-state index in [1.807, 2.05) is 0 Å². The molecular weight excluding hydrogens is 479 g/mol. The monoisotopic (exact) mass is 502 g/mol. The van der Waals surface area contributed by atoms with Crippen LogP contribution >= 0.6 is 0 Å². The van der Waals surface area contributed by atoms with Gasteiger partial charge in [-0.15, -0.1) is 0 Å². The number of nitrogens with one attached hydrogen (secondary N) is 4. The van der Waals surface area contributed by atoms with Gasteiger partial charge in [0.1, 0.15) is 17.7 Å². The second-order valence-electron chi connectivity index (χ2n) is 8.67. The number of rotatable bonds is 7. The van der Waals surface area contributed by atoms with Gasteiger partial charge in [0.15, 0.2) is 0 Å². The van der Waals surface area contributed by atoms with E-state index in [4.69, 9.17) is 0 Å². The van der Waals surface area contributed by atoms with Crippen LogP contribution in [-0.4, -0.2) is 46.1 Å². The molecule has 10 nitrogen and oxygen atoms in total. The maximum absolute atomic E-state index is 13.9. The highest BCUT2D eigenvalue weighted by atomic mass is 19.1. The predicted molar refractivity (Wildman–Crippen MR) is 134 cm³/mol. The van der Waals surface area contributed by atoms with Crippen LogP contribution in [0.2, 0.25) is 0 Å². The van der Waals surface area contributed by atoms with E-state index in [2.05, 4.69) is 26.3 Å². The molecule has 2 aliphatic rings. The molecule has 2 aromatic carbocycles. The molecule has 11 heteroatoms. The first-order valence-electron chi connectivity index (χ1n) is 11.7. The minimum absolute atomic E-state index is 0.0718. The Morgan fingerprint density at radius 3 is 2.70 bits per heavy atom. The van der Waals surface area contributed by atoms with Crippen LogP contribution in [-0.2, 0) is 20.9 Å². The van der Waals surface area contributed by atoms with Crippen molar-refractivity contribution in [3.05, 3.63) is 77.7 Å². The third-order valence-corrected chi connectivity index (χ3v) is 6.21. The minimum Gasteiger partial charge on any atom is -0.376 e. The van der Waals surface area contributed by atoms with E-state index >= 15 is 0 Å². The second kappa shape index (κ2) is 10.1. The third-order valence-electron chi connectivity index (χ3n) is 6.21. The van der Waals surface area contributed by atoms with Crippen LogP contribution in [0.5, 0.6) is 0 Å². The van der Waals surface area contributed by atoms with Crippen molar-refractivity contribution in [1.29, 1.82) is 0 Å². The average molecular weight is 503 g/mol. The van der Waals surface area contributed by atoms with E-state index in [0.717, 1.165) is 0 Å². The van der Waals surface area contributed by atoms with Crippen molar-refractivity contribution in [2.24, 2.45) is 0 Å². The molecule has 4 N–H and O–H groups in total. The topological polar surface area (TPSA) is 133 Å². The smallest absolute Gasteiger partial charge is 0.255 e. The quantitative estimate of drug-likeness (QED) is 0.365. The van der Waals surface area contributed by atoms with Crippen molar-refractivity contribution < 1.29 is 23.6 Å². The summed E-state index contributed by atoms with van der Waals surface area (Å²) in [6.45, 7) is 0.0807. The molecule has 1 unspecified atom stereocenters. The Labute approximate surface area is 211 Å². The Morgan fingerprint density at radius 2 is 1.89 bits per heavy atom. The average Bonchev–Trinajstić information content (AvgIpc) is 3.22. The van der Waals surface area contributed by atoms with Crippen LogP contribution in [0.15, 0.2) is 60.8 Å². The van der Waals surface area contributed by atoms with Gasteiger partial charge in [0.2, 0.25) is 17.7 Å². The van der Waals surface area contributed by atoms with Crippen molar-refractivity contribution >= 4 is 46.5 Å². The predicted octanol–water partition coefficient (Wildman–Crippen LogP) is 2.78. The molecule has 0 bridgehead atoms. The number of fused-ring (bicyclic) bond motifs is 1. The number of hydrogen-bond donors (Lipinski definition) is 4. The molecule has 0 aliphatic carbocycles. The summed E-state index contributed by atoms with van der Waals surface area (Å²) in [6, 6.07) is 13.8. The maximum Gasteiger partial charge on any atom is 0.255 e. The number of nitrogens with zero attached hydrogens (tertiary/aromatic N) is 2. The van der Waals surface area contributed by atoms with Crippen molar-refractivity contribution in [2.45, 2.75) is 25.4 Å². The SMILES string of the molecule is O=C1CCC(N2Cc3c(NC(=O)CNc4ccnc(Nc5ccccc5F)c4)cccc3C2=O)C(=O)N1. The molecule has 0 spiro atoms. The number of benzene rings is 2. The highest BCUT2D eigenvalue weighted by Gasteiger charge is 2.39. The summed E-state index contributed by atoms with van der Waals surface area (Å²) in [5.74, 6) is -1.51. The third kappa shape index (κ3) is 5.10. The van der Waals surface area contributed by atoms with Crippen molar-refractivity contribution in [3.63, 3.8) is 0 Å². The Balaban J connectivity index is 1.22. The number of aromatic nitrogens is 1. The van der Waals surface area contributed by atoms with Crippen molar-refractivity contribution in [1.82, 2.24) is 15.2 Å². The fourth-order valence-corrected chi connectivity index (χ4v) is 4.39. The Bertz CT molecular complexity index is 1410. The maximum atomic E-state index is 13.9. The lowest BCUT2D eigenvalue weighted by Crippen LogP contribution is -2.52. The lowest BCUT2D eigenvalue weighted by Gasteiger charge is -2.29. The van der Waals surface area contributed by atoms with E-state index in [-0.39, 0.29) is 49.3 Å². The van der Waals surface area contributed by atoms with Gasteiger partial charge in [-0.1, -0.05) is 18.2 Å². The van der Waals surface area contributed by atoms with Gasteiger partial charge in [-0.25, -0.2) is 9.37 Å². The molecule has 37 heavy (non-hydrogen) atoms. The minimum atomic E-state index is -0.735. The number of carbonyl (C=O) groups excluding carboxylic acids is 4. The molecule has 1 aromatic heterocycles. The number of anilines is 4. The van der Waals surface area contributed by atoms with Crippen molar-refractivity contribution in [3.8, 4) is 0 Å². The van der Waals surface area contributed by atoms with Gasteiger partial charge >= 0.3 is 0 Å². The summed E-state index contributed by atoms with van der Waals surface area (Å²) in [5, 5.41) is 11.0. The van der Waals surface area contributed by atoms with E-state index in [0.29, 0.717) is 28.3 Å². The number of halogens is 1. The van der Waals surface area contributed by atoms with Crippen LogP contribution in [0, 0.1) is 5.82 Å². The number of carbonyl (C=O) groups is 4. The summed E-state index contributed by atoms with van der Waals surface area (Å²) in [6.07, 6.45) is 1.96. The van der Waals surface area contributed by atoms with Gasteiger partial charge in [-0.05, 0) is 36.8 Å². The van der Waals surface area contributed by atoms with Crippen LogP contribution < -0.4 is 21.3 Å². The van der Waals surface area contributed by atoms with Crippen LogP contribution in [0.25, 0.3) is 0 Å². The van der Waals surface area contributed by atoms with Crippen LogP contribution in [0.1, 0.15) is 28.8 Å². The molecule has 1 fully saturated rings. The summed E-state index contributed by atoms with van der Waals surface area (Å²) >= 11 is 0. The molecule has 1 saturated heterocycles. The molecule has 0 saturated carbocycles. The van der Waals surface area contributed by atoms with Crippen LogP contribution in [0.3, 0.4) is 0 Å². The van der Waals surface area contributed by atoms with Gasteiger partial charge in [0, 0.05) is 47.7 Å². The van der Waals surface area contributed by atoms with Gasteiger partial charge in [0.05, 0.1) is 12.2 Å². The molecule has 4 amide bonds. The molecule has 3 heterocycles. The number of piperidine rings is 1. The number of pyridine rings is 1. The summed E-state index contributed by atoms with van der Waals surface area (Å²) < 4.78 is 13.9. The number of amides is 4. The largest absolute Gasteiger partial charge is 0.376 e. The Morgan fingerprint density at radius 1 is 1.08 bits per heavy atom. The number of hydrogen-bond acceptors (Lipinski definition) is 7. The zero-order valence-corrected chi connectivity index (χ0v) is 19.6. The van der Waals surface area contributed by atoms with Crippen molar-refractivity contribution in [2.75, 3.05) is 22.5 Å². The fraction of sp³-hybridized carbons (Fsp3) is 0.192. The Kier molecular flexibility index (Phi) is 6.50. The molecule has 0 radical (unpaired) electrons. The standard InChI is InChI=1S/C26H23FN6O4/c27-18-5-1-2-6-20(18)30-22-12-15(10-11-28-22)29-13-24(35)31-19-7-3-4-16-17(19)14-33(26(16)37)21-8-9-23(34)32-25(21)36/h1-7,10-12,21H,8-9,13-14H2,(H,31,35)(H2,28,29,30)(H,32,34,36). The molecular formula is C26H23FN6O4. The number of imide groups is 1. The van der Waals surface area contributed by atoms with Gasteiger partial charge in [-0.2, -0.15) is 0 Å². The molecule has 1 atom stereocenters. The zero-order chi connectivity index (χ0) is 25.9. The Hall–Kier alpha value is -4.80. The lowest BCUT2D eigenvalue weighted by molar-refractivity contribution is -0.137. The summed E-state index contributed by atoms with van der Waals surface area (Å²) in [5.41, 5.74) is 2.38. The van der Waals surface area contributed by atoms with Gasteiger partial charge in [0.25, 0.3) is 5.91 Å². The molecule has 188 valence electrons. The second-order valence-corrected chi connectivity index (χ2v) is 8.67. The first-order chi connectivity index (χ1) is 17.9. The van der Waals surface area contributed by atoms with Gasteiger partial charge in [-0.3, -0.25) is 24.5 Å². The highest BCUT2D eigenvalue weighted by Crippen LogP contribution is 2.32. The first-order valence-corrected chi connectivity index (χ1v) is 11.7. The molecule has 5 rings (SSSR count). The summed E-state index contributed by atoms with van der Waals surface area (Å²) in [4.78, 5) is 55.0. The van der Waals surface area contributed by atoms with E-state index in [9.17, 15) is 23.6 Å². The summed E-state index contributed by atoms with van der Waals surface area (Å²) in [7, 11) is 0. The van der Waals surface area contributed by atoms with Crippen LogP contribution in [0.4, 0.5) is 27.3 Å². The first kappa shape index (κ1) is 23.9. The number of para-hydroxylation sites is 1. The van der Waals surface area contributed by atoms with Gasteiger partial charge < -0.3 is 20.9 Å². The van der Waals surface area contributed by atoms with E-state index in [1.54, 1.807) is 48.5 Å². The van der Waals surface area contributed by atoms with E-state index < -0.39 is 17.8 Å². The normalized spacial score (nSPS) is 16.7. The van der Waals surface area contributed by atoms with E-state index in [1.165, 1.54) is 17.2 Å². The lowest BCUT2D eigenvalue weighted by atomic mass is 10.0. The molecule has 3 aromatic rings. The highest BCUT2D eigenvalue weighted by molar-refractivity contribution is 6.07. The fourth-order valence-electron chi connectivity index (χ4n) is 4.39. The molecule has 2 aliphatic heterocycles.